The molecular weight excluding hydrogens is 514 g/mol. The summed E-state index contributed by atoms with van der Waals surface area (Å²) in [5, 5.41) is 15.3. The van der Waals surface area contributed by atoms with Crippen LogP contribution < -0.4 is 15.4 Å². The van der Waals surface area contributed by atoms with Crippen LogP contribution in [-0.2, 0) is 10.0 Å². The molecule has 6 nitrogen and oxygen atoms in total. The number of halogens is 3. The summed E-state index contributed by atoms with van der Waals surface area (Å²) in [6.45, 7) is 0.707. The molecule has 1 heterocycles. The Hall–Kier alpha value is -2.23. The number of benzene rings is 2. The first-order valence-corrected chi connectivity index (χ1v) is 13.2. The molecule has 0 aliphatic carbocycles. The van der Waals surface area contributed by atoms with Gasteiger partial charge in [-0.1, -0.05) is 64.6 Å². The van der Waals surface area contributed by atoms with Gasteiger partial charge in [0.2, 0.25) is 10.0 Å². The monoisotopic (exact) mass is 536 g/mol. The third-order valence-corrected chi connectivity index (χ3v) is 7.64. The number of hydrogen-bond acceptors (Lipinski definition) is 5. The first-order chi connectivity index (χ1) is 16.2. The summed E-state index contributed by atoms with van der Waals surface area (Å²) < 4.78 is 27.7. The summed E-state index contributed by atoms with van der Waals surface area (Å²) in [6, 6.07) is 11.9. The van der Waals surface area contributed by atoms with Gasteiger partial charge in [0, 0.05) is 47.0 Å². The van der Waals surface area contributed by atoms with Crippen molar-refractivity contribution in [1.29, 1.82) is 5.41 Å². The summed E-state index contributed by atoms with van der Waals surface area (Å²) in [6.07, 6.45) is 6.47. The lowest BCUT2D eigenvalue weighted by atomic mass is 9.93. The van der Waals surface area contributed by atoms with Gasteiger partial charge < -0.3 is 16.0 Å². The van der Waals surface area contributed by atoms with Gasteiger partial charge in [0.25, 0.3) is 0 Å². The predicted octanol–water partition coefficient (Wildman–Crippen LogP) is 4.32. The van der Waals surface area contributed by atoms with Crippen LogP contribution in [0, 0.1) is 5.41 Å². The molecule has 0 spiro atoms. The van der Waals surface area contributed by atoms with Crippen molar-refractivity contribution in [3.63, 3.8) is 0 Å². The maximum absolute atomic E-state index is 12.6. The van der Waals surface area contributed by atoms with Crippen LogP contribution in [0.2, 0.25) is 15.1 Å². The summed E-state index contributed by atoms with van der Waals surface area (Å²) >= 11 is 18.3. The lowest BCUT2D eigenvalue weighted by Gasteiger charge is -2.16. The maximum atomic E-state index is 12.6. The number of nitrogens with one attached hydrogen (secondary N) is 4. The van der Waals surface area contributed by atoms with Gasteiger partial charge in [-0.2, -0.15) is 0 Å². The van der Waals surface area contributed by atoms with Crippen LogP contribution in [0.5, 0.6) is 0 Å². The quantitative estimate of drug-likeness (QED) is 0.218. The Bertz CT molecular complexity index is 1280. The zero-order valence-corrected chi connectivity index (χ0v) is 21.5. The van der Waals surface area contributed by atoms with Crippen molar-refractivity contribution < 1.29 is 8.42 Å². The molecule has 0 fully saturated rings. The van der Waals surface area contributed by atoms with E-state index in [0.29, 0.717) is 29.4 Å². The molecule has 0 amide bonds. The van der Waals surface area contributed by atoms with Crippen LogP contribution in [0.3, 0.4) is 0 Å². The molecule has 0 aromatic heterocycles. The van der Waals surface area contributed by atoms with E-state index in [0.717, 1.165) is 28.1 Å². The van der Waals surface area contributed by atoms with E-state index in [-0.39, 0.29) is 16.5 Å². The van der Waals surface area contributed by atoms with E-state index < -0.39 is 10.0 Å². The summed E-state index contributed by atoms with van der Waals surface area (Å²) in [5.74, 6) is 0.737. The van der Waals surface area contributed by atoms with Crippen LogP contribution in [0.15, 0.2) is 76.5 Å². The molecule has 0 bridgehead atoms. The Labute approximate surface area is 216 Å². The highest BCUT2D eigenvalue weighted by Gasteiger charge is 2.18. The molecule has 1 aliphatic heterocycles. The number of hydrogen-bond donors (Lipinski definition) is 4. The van der Waals surface area contributed by atoms with Crippen LogP contribution in [0.25, 0.3) is 5.57 Å². The van der Waals surface area contributed by atoms with Gasteiger partial charge in [-0.05, 0) is 42.3 Å². The third-order valence-electron chi connectivity index (χ3n) is 5.13. The second-order valence-electron chi connectivity index (χ2n) is 7.59. The van der Waals surface area contributed by atoms with E-state index in [1.54, 1.807) is 0 Å². The van der Waals surface area contributed by atoms with Gasteiger partial charge in [0.05, 0.1) is 5.02 Å². The molecule has 0 radical (unpaired) electrons. The van der Waals surface area contributed by atoms with Crippen molar-refractivity contribution in [3.05, 3.63) is 92.2 Å². The van der Waals surface area contributed by atoms with Gasteiger partial charge in [-0.25, -0.2) is 13.1 Å². The van der Waals surface area contributed by atoms with Crippen molar-refractivity contribution in [1.82, 2.24) is 15.4 Å². The second-order valence-corrected chi connectivity index (χ2v) is 10.6. The van der Waals surface area contributed by atoms with Gasteiger partial charge in [-0.3, -0.25) is 0 Å². The minimum Gasteiger partial charge on any atom is -0.372 e. The molecule has 178 valence electrons. The van der Waals surface area contributed by atoms with Gasteiger partial charge in [0.1, 0.15) is 18.6 Å². The zero-order chi connectivity index (χ0) is 24.7. The Kier molecular flexibility index (Phi) is 9.27. The zero-order valence-electron chi connectivity index (χ0n) is 18.5. The molecule has 0 unspecified atom stereocenters. The van der Waals surface area contributed by atoms with Crippen LogP contribution in [0.1, 0.15) is 18.4 Å². The summed E-state index contributed by atoms with van der Waals surface area (Å²) in [5.41, 5.74) is 3.57. The van der Waals surface area contributed by atoms with E-state index in [1.807, 2.05) is 38.2 Å². The Morgan fingerprint density at radius 2 is 1.88 bits per heavy atom. The smallest absolute Gasteiger partial charge is 0.242 e. The average Bonchev–Trinajstić information content (AvgIpc) is 3.03. The Morgan fingerprint density at radius 3 is 2.62 bits per heavy atom. The van der Waals surface area contributed by atoms with Crippen molar-refractivity contribution in [2.75, 3.05) is 13.1 Å². The number of rotatable bonds is 9. The van der Waals surface area contributed by atoms with Crippen LogP contribution >= 0.6 is 34.8 Å². The SMILES string of the molecule is B/C(C=N)=C1\CC=C(c2ccccc2Cl)C=C(NCCCNS(=O)(=O)c2cc(Cl)ccc2Cl)N1. The maximum Gasteiger partial charge on any atom is 0.242 e. The lowest BCUT2D eigenvalue weighted by Crippen LogP contribution is -2.30. The number of allylic oxidation sites excluding steroid dienone is 4. The minimum atomic E-state index is -3.78. The molecule has 2 aromatic rings. The van der Waals surface area contributed by atoms with Crippen LogP contribution in [-0.4, -0.2) is 35.6 Å². The van der Waals surface area contributed by atoms with Crippen molar-refractivity contribution in [2.24, 2.45) is 0 Å². The first-order valence-electron chi connectivity index (χ1n) is 10.5. The normalized spacial score (nSPS) is 15.5. The fraction of sp³-hybridized carbons (Fsp3) is 0.174. The van der Waals surface area contributed by atoms with E-state index >= 15 is 0 Å². The standard InChI is InChI=1S/C23H24BCl3N4O2S/c24-18(14-28)21-9-6-15(17-4-1-2-5-19(17)26)12-23(31-21)29-10-3-11-30-34(32,33)22-13-16(25)7-8-20(22)27/h1-2,4-8,12-14,28-31H,3,9-11,24H2/b21-18+,28-14?. The second kappa shape index (κ2) is 12.0. The van der Waals surface area contributed by atoms with Gasteiger partial charge in [-0.15, -0.1) is 0 Å². The summed E-state index contributed by atoms with van der Waals surface area (Å²) in [4.78, 5) is -0.0471. The highest BCUT2D eigenvalue weighted by atomic mass is 35.5. The highest BCUT2D eigenvalue weighted by molar-refractivity contribution is 7.89. The highest BCUT2D eigenvalue weighted by Crippen LogP contribution is 2.28. The predicted molar refractivity (Wildman–Crippen MR) is 144 cm³/mol. The average molecular weight is 538 g/mol. The molecule has 0 saturated carbocycles. The summed E-state index contributed by atoms with van der Waals surface area (Å²) in [7, 11) is -1.91. The minimum absolute atomic E-state index is 0.0471. The molecule has 34 heavy (non-hydrogen) atoms. The fourth-order valence-corrected chi connectivity index (χ4v) is 5.36. The number of sulfonamides is 1. The van der Waals surface area contributed by atoms with E-state index in [9.17, 15) is 8.42 Å². The van der Waals surface area contributed by atoms with E-state index in [1.165, 1.54) is 24.4 Å². The first kappa shape index (κ1) is 26.4. The van der Waals surface area contributed by atoms with Crippen LogP contribution in [0.4, 0.5) is 0 Å². The van der Waals surface area contributed by atoms with E-state index in [4.69, 9.17) is 40.2 Å². The lowest BCUT2D eigenvalue weighted by molar-refractivity contribution is 0.576. The molecule has 1 aliphatic rings. The third kappa shape index (κ3) is 6.90. The van der Waals surface area contributed by atoms with Crippen molar-refractivity contribution in [3.8, 4) is 0 Å². The Morgan fingerprint density at radius 1 is 1.12 bits per heavy atom. The fourth-order valence-electron chi connectivity index (χ4n) is 3.28. The molecule has 0 atom stereocenters. The topological polar surface area (TPSA) is 94.1 Å². The molecule has 4 N–H and O–H groups in total. The molecule has 3 rings (SSSR count). The largest absolute Gasteiger partial charge is 0.372 e. The molecule has 0 saturated heterocycles. The molecule has 11 heteroatoms. The van der Waals surface area contributed by atoms with Gasteiger partial charge >= 0.3 is 0 Å². The van der Waals surface area contributed by atoms with Crippen molar-refractivity contribution in [2.45, 2.75) is 17.7 Å². The van der Waals surface area contributed by atoms with E-state index in [2.05, 4.69) is 21.4 Å². The molecule has 2 aromatic carbocycles. The van der Waals surface area contributed by atoms with Gasteiger partial charge in [0.15, 0.2) is 0 Å². The Balaban J connectivity index is 1.67. The molecular formula is C23H24BCl3N4O2S. The van der Waals surface area contributed by atoms with Crippen molar-refractivity contribution >= 4 is 64.5 Å².